The molecule has 3 aromatic heterocycles. The number of halogens is 3. The average Bonchev–Trinajstić information content (AvgIpc) is 3.49. The van der Waals surface area contributed by atoms with E-state index in [1.54, 1.807) is 18.6 Å². The molecule has 4 rings (SSSR count). The molecule has 1 amide bonds. The van der Waals surface area contributed by atoms with Crippen molar-refractivity contribution in [1.82, 2.24) is 29.6 Å². The maximum atomic E-state index is 11.9. The summed E-state index contributed by atoms with van der Waals surface area (Å²) in [6, 6.07) is 9.33. The number of benzene rings is 1. The zero-order chi connectivity index (χ0) is 23.0. The number of carbonyl (C=O) groups excluding carboxylic acids is 1. The molecular formula is C18H20F3N7O2Se. The molecule has 0 aliphatic heterocycles. The summed E-state index contributed by atoms with van der Waals surface area (Å²) in [4.78, 5) is 15.6. The number of hydrogen-bond donors (Lipinski definition) is 3. The molecule has 0 bridgehead atoms. The van der Waals surface area contributed by atoms with E-state index in [-0.39, 0.29) is 5.69 Å². The van der Waals surface area contributed by atoms with Gasteiger partial charge in [0, 0.05) is 18.8 Å². The van der Waals surface area contributed by atoms with Gasteiger partial charge in [0.15, 0.2) is 5.75 Å². The van der Waals surface area contributed by atoms with Crippen LogP contribution in [0.3, 0.4) is 0 Å². The number of ether oxygens (including phenoxy) is 1. The van der Waals surface area contributed by atoms with E-state index in [9.17, 15) is 18.0 Å². The smallest absolute Gasteiger partial charge is 0.0690 e. The molecule has 9 nitrogen and oxygen atoms in total. The van der Waals surface area contributed by atoms with Gasteiger partial charge in [-0.3, -0.25) is 4.79 Å². The SMILES string of the molecule is CC(=O)Nc1ccccc1OC(F)(F)F.Cc1ccc[nH]1.c1c[se]nn1.c1cn[nH]n1. The van der Waals surface area contributed by atoms with Crippen LogP contribution in [0.1, 0.15) is 12.6 Å². The van der Waals surface area contributed by atoms with Gasteiger partial charge in [0.2, 0.25) is 5.91 Å². The summed E-state index contributed by atoms with van der Waals surface area (Å²) in [5.74, 6) is -0.895. The molecule has 0 saturated carbocycles. The minimum Gasteiger partial charge on any atom is -0.198 e. The maximum Gasteiger partial charge on any atom is 0.0690 e. The molecule has 3 heterocycles. The normalized spacial score (nSPS) is 9.58. The second kappa shape index (κ2) is 14.5. The first-order chi connectivity index (χ1) is 14.8. The molecular weight excluding hydrogens is 482 g/mol. The molecule has 0 atom stereocenters. The molecule has 166 valence electrons. The third-order valence-electron chi connectivity index (χ3n) is 2.79. The van der Waals surface area contributed by atoms with E-state index in [1.165, 1.54) is 30.8 Å². The minimum atomic E-state index is -4.77. The monoisotopic (exact) mass is 503 g/mol. The van der Waals surface area contributed by atoms with Gasteiger partial charge in [-0.2, -0.15) is 15.4 Å². The van der Waals surface area contributed by atoms with Crippen LogP contribution in [0, 0.1) is 6.92 Å². The predicted octanol–water partition coefficient (Wildman–Crippen LogP) is 3.21. The van der Waals surface area contributed by atoms with E-state index in [1.807, 2.05) is 30.2 Å². The van der Waals surface area contributed by atoms with Gasteiger partial charge in [0.25, 0.3) is 0 Å². The van der Waals surface area contributed by atoms with Crippen LogP contribution in [-0.2, 0) is 4.79 Å². The number of rotatable bonds is 2. The standard InChI is InChI=1S/C9H8F3NO2.C5H7N.C2H3N3.C2H2N2Se/c1-6(14)13-7-4-2-3-5-8(7)15-9(10,11)12;1-5-3-2-4-6-5;1-2-4-5-3-1;1-2-5-4-3-1/h2-5H,1H3,(H,13,14);2-4,6H,1H3;1-2H,(H,3,4,5);1-2H. The number of nitrogens with one attached hydrogen (secondary N) is 3. The van der Waals surface area contributed by atoms with Gasteiger partial charge in [0.05, 0.1) is 18.1 Å². The fourth-order valence-electron chi connectivity index (χ4n) is 1.70. The summed E-state index contributed by atoms with van der Waals surface area (Å²) in [5.41, 5.74) is 1.21. The summed E-state index contributed by atoms with van der Waals surface area (Å²) < 4.78 is 43.2. The van der Waals surface area contributed by atoms with Crippen molar-refractivity contribution in [1.29, 1.82) is 0 Å². The molecule has 3 N–H and O–H groups in total. The number of alkyl halides is 3. The van der Waals surface area contributed by atoms with Crippen molar-refractivity contribution in [2.45, 2.75) is 20.2 Å². The maximum absolute atomic E-state index is 11.9. The summed E-state index contributed by atoms with van der Waals surface area (Å²) in [5, 5.41) is 15.1. The van der Waals surface area contributed by atoms with Crippen LogP contribution in [-0.4, -0.2) is 56.6 Å². The fourth-order valence-corrected chi connectivity index (χ4v) is 2.27. The number of anilines is 1. The van der Waals surface area contributed by atoms with Crippen LogP contribution >= 0.6 is 0 Å². The van der Waals surface area contributed by atoms with Gasteiger partial charge in [0.1, 0.15) is 0 Å². The van der Waals surface area contributed by atoms with Crippen molar-refractivity contribution in [2.75, 3.05) is 5.32 Å². The van der Waals surface area contributed by atoms with Crippen molar-refractivity contribution in [2.24, 2.45) is 0 Å². The third-order valence-corrected chi connectivity index (χ3v) is 3.70. The van der Waals surface area contributed by atoms with Crippen molar-refractivity contribution in [3.05, 3.63) is 71.8 Å². The first-order valence-electron chi connectivity index (χ1n) is 8.51. The van der Waals surface area contributed by atoms with Crippen molar-refractivity contribution >= 4 is 26.3 Å². The Kier molecular flexibility index (Phi) is 12.0. The second-order valence-electron chi connectivity index (χ2n) is 5.32. The van der Waals surface area contributed by atoms with Gasteiger partial charge >= 0.3 is 41.4 Å². The van der Waals surface area contributed by atoms with Crippen LogP contribution in [0.15, 0.2) is 66.1 Å². The molecule has 0 unspecified atom stereocenters. The minimum absolute atomic E-state index is 0.0117. The number of H-pyrrole nitrogens is 2. The van der Waals surface area contributed by atoms with E-state index in [4.69, 9.17) is 0 Å². The molecule has 13 heteroatoms. The molecule has 1 aromatic carbocycles. The number of aromatic nitrogens is 6. The molecule has 0 saturated heterocycles. The van der Waals surface area contributed by atoms with E-state index < -0.39 is 18.0 Å². The Morgan fingerprint density at radius 3 is 2.16 bits per heavy atom. The Labute approximate surface area is 182 Å². The number of aryl methyl sites for hydroxylation is 1. The quantitative estimate of drug-likeness (QED) is 0.362. The second-order valence-corrected chi connectivity index (χ2v) is 6.68. The summed E-state index contributed by atoms with van der Waals surface area (Å²) in [6.07, 6.45) is 2.03. The molecule has 0 aliphatic carbocycles. The number of para-hydroxylation sites is 2. The number of hydrogen-bond acceptors (Lipinski definition) is 6. The number of amides is 1. The summed E-state index contributed by atoms with van der Waals surface area (Å²) >= 11 is 0.347. The number of carbonyl (C=O) groups is 1. The van der Waals surface area contributed by atoms with Crippen molar-refractivity contribution in [3.8, 4) is 5.75 Å². The third kappa shape index (κ3) is 14.2. The van der Waals surface area contributed by atoms with Crippen LogP contribution < -0.4 is 10.1 Å². The molecule has 0 radical (unpaired) electrons. The summed E-state index contributed by atoms with van der Waals surface area (Å²) in [7, 11) is 0. The van der Waals surface area contributed by atoms with E-state index >= 15 is 0 Å². The van der Waals surface area contributed by atoms with E-state index in [0.717, 1.165) is 6.07 Å². The molecule has 0 spiro atoms. The van der Waals surface area contributed by atoms with Crippen LogP contribution in [0.5, 0.6) is 5.75 Å². The fraction of sp³-hybridized carbons (Fsp3) is 0.167. The zero-order valence-electron chi connectivity index (χ0n) is 16.5. The van der Waals surface area contributed by atoms with Crippen LogP contribution in [0.4, 0.5) is 18.9 Å². The molecule has 0 fully saturated rings. The first kappa shape index (κ1) is 25.6. The van der Waals surface area contributed by atoms with Gasteiger partial charge in [-0.1, -0.05) is 12.1 Å². The zero-order valence-corrected chi connectivity index (χ0v) is 18.2. The van der Waals surface area contributed by atoms with Crippen LogP contribution in [0.25, 0.3) is 0 Å². The molecule has 0 aliphatic rings. The summed E-state index contributed by atoms with van der Waals surface area (Å²) in [6.45, 7) is 3.23. The Bertz CT molecular complexity index is 871. The molecule has 31 heavy (non-hydrogen) atoms. The van der Waals surface area contributed by atoms with Gasteiger partial charge in [-0.15, -0.1) is 13.2 Å². The van der Waals surface area contributed by atoms with Crippen LogP contribution in [0.2, 0.25) is 0 Å². The Hall–Kier alpha value is -3.44. The molecule has 4 aromatic rings. The number of aromatic amines is 2. The van der Waals surface area contributed by atoms with Crippen molar-refractivity contribution < 1.29 is 22.7 Å². The Balaban J connectivity index is 0.000000242. The topological polar surface area (TPSA) is 121 Å². The average molecular weight is 502 g/mol. The van der Waals surface area contributed by atoms with Gasteiger partial charge in [-0.05, 0) is 31.2 Å². The van der Waals surface area contributed by atoms with Gasteiger partial charge in [-0.25, -0.2) is 0 Å². The predicted molar refractivity (Wildman–Crippen MR) is 108 cm³/mol. The number of nitrogens with zero attached hydrogens (tertiary/aromatic N) is 4. The Morgan fingerprint density at radius 2 is 1.81 bits per heavy atom. The van der Waals surface area contributed by atoms with Crippen molar-refractivity contribution in [3.63, 3.8) is 0 Å². The largest absolute Gasteiger partial charge is 0.198 e. The van der Waals surface area contributed by atoms with E-state index in [0.29, 0.717) is 14.7 Å². The van der Waals surface area contributed by atoms with E-state index in [2.05, 4.69) is 39.6 Å². The van der Waals surface area contributed by atoms with Gasteiger partial charge < -0.3 is 15.0 Å². The first-order valence-corrected chi connectivity index (χ1v) is 10.3. The Morgan fingerprint density at radius 1 is 1.10 bits per heavy atom.